The Hall–Kier alpha value is -3.75. The van der Waals surface area contributed by atoms with Crippen molar-refractivity contribution in [3.05, 3.63) is 60.4 Å². The number of ether oxygens (including phenoxy) is 1. The van der Waals surface area contributed by atoms with Crippen LogP contribution in [0.25, 0.3) is 16.8 Å². The molecular formula is C20H18F2N6O. The zero-order valence-corrected chi connectivity index (χ0v) is 15.5. The summed E-state index contributed by atoms with van der Waals surface area (Å²) in [5.41, 5.74) is 9.98. The number of halogens is 2. The van der Waals surface area contributed by atoms with Gasteiger partial charge in [-0.2, -0.15) is 18.9 Å². The molecule has 9 heteroatoms. The molecule has 0 saturated heterocycles. The molecule has 0 aliphatic heterocycles. The first-order valence-corrected chi connectivity index (χ1v) is 8.96. The summed E-state index contributed by atoms with van der Waals surface area (Å²) < 4.78 is 30.7. The average Bonchev–Trinajstić information content (AvgIpc) is 3.07. The molecule has 0 bridgehead atoms. The van der Waals surface area contributed by atoms with Gasteiger partial charge in [0.2, 0.25) is 5.95 Å². The number of nitrogens with one attached hydrogen (secondary N) is 1. The third kappa shape index (κ3) is 3.93. The largest absolute Gasteiger partial charge is 0.435 e. The van der Waals surface area contributed by atoms with E-state index in [9.17, 15) is 8.78 Å². The van der Waals surface area contributed by atoms with E-state index in [0.717, 1.165) is 23.2 Å². The predicted molar refractivity (Wildman–Crippen MR) is 106 cm³/mol. The van der Waals surface area contributed by atoms with Crippen LogP contribution in [0.5, 0.6) is 5.75 Å². The predicted octanol–water partition coefficient (Wildman–Crippen LogP) is 4.28. The van der Waals surface area contributed by atoms with Crippen molar-refractivity contribution in [2.75, 3.05) is 11.1 Å². The van der Waals surface area contributed by atoms with Crippen LogP contribution in [0.1, 0.15) is 12.6 Å². The first-order valence-electron chi connectivity index (χ1n) is 8.96. The average molecular weight is 396 g/mol. The van der Waals surface area contributed by atoms with E-state index in [0.29, 0.717) is 23.1 Å². The Balaban J connectivity index is 1.69. The second kappa shape index (κ2) is 7.70. The fourth-order valence-corrected chi connectivity index (χ4v) is 3.07. The van der Waals surface area contributed by atoms with E-state index in [1.54, 1.807) is 22.7 Å². The maximum atomic E-state index is 12.3. The number of fused-ring (bicyclic) bond motifs is 1. The maximum absolute atomic E-state index is 12.3. The molecule has 1 aromatic carbocycles. The molecule has 7 nitrogen and oxygen atoms in total. The van der Waals surface area contributed by atoms with Gasteiger partial charge in [-0.05, 0) is 42.8 Å². The molecule has 0 aliphatic carbocycles. The standard InChI is InChI=1S/C20H18F2N6O/c1-2-14-18(16-5-3-4-10-28(16)27-14)15-11-17(23)26-20(25-15)24-12-6-8-13(9-7-12)29-19(21)22/h3-11,19H,2H2,1H3,(H3,23,24,25,26). The highest BCUT2D eigenvalue weighted by Crippen LogP contribution is 2.30. The van der Waals surface area contributed by atoms with Gasteiger partial charge < -0.3 is 15.8 Å². The number of hydrogen-bond donors (Lipinski definition) is 2. The zero-order chi connectivity index (χ0) is 20.4. The van der Waals surface area contributed by atoms with Gasteiger partial charge in [-0.15, -0.1) is 0 Å². The summed E-state index contributed by atoms with van der Waals surface area (Å²) >= 11 is 0. The Morgan fingerprint density at radius 1 is 1.14 bits per heavy atom. The van der Waals surface area contributed by atoms with E-state index in [1.165, 1.54) is 12.1 Å². The lowest BCUT2D eigenvalue weighted by molar-refractivity contribution is -0.0498. The van der Waals surface area contributed by atoms with Crippen molar-refractivity contribution in [1.82, 2.24) is 19.6 Å². The molecule has 0 amide bonds. The van der Waals surface area contributed by atoms with Gasteiger partial charge in [0.15, 0.2) is 0 Å². The van der Waals surface area contributed by atoms with Gasteiger partial charge >= 0.3 is 6.61 Å². The van der Waals surface area contributed by atoms with Crippen molar-refractivity contribution in [2.24, 2.45) is 0 Å². The Morgan fingerprint density at radius 2 is 1.93 bits per heavy atom. The fraction of sp³-hybridized carbons (Fsp3) is 0.150. The van der Waals surface area contributed by atoms with Crippen LogP contribution in [0.4, 0.5) is 26.2 Å². The quantitative estimate of drug-likeness (QED) is 0.506. The molecule has 4 rings (SSSR count). The number of benzene rings is 1. The molecule has 3 heterocycles. The van der Waals surface area contributed by atoms with Gasteiger partial charge in [-0.3, -0.25) is 0 Å². The molecule has 4 aromatic rings. The van der Waals surface area contributed by atoms with E-state index < -0.39 is 6.61 Å². The molecule has 29 heavy (non-hydrogen) atoms. The van der Waals surface area contributed by atoms with Crippen molar-refractivity contribution >= 4 is 23.0 Å². The van der Waals surface area contributed by atoms with E-state index in [4.69, 9.17) is 5.73 Å². The van der Waals surface area contributed by atoms with Crippen LogP contribution in [0, 0.1) is 0 Å². The summed E-state index contributed by atoms with van der Waals surface area (Å²) in [7, 11) is 0. The summed E-state index contributed by atoms with van der Waals surface area (Å²) in [5, 5.41) is 7.64. The normalized spacial score (nSPS) is 11.2. The summed E-state index contributed by atoms with van der Waals surface area (Å²) in [6.07, 6.45) is 2.61. The topological polar surface area (TPSA) is 90.4 Å². The van der Waals surface area contributed by atoms with Crippen molar-refractivity contribution in [3.63, 3.8) is 0 Å². The Labute approximate surface area is 165 Å². The summed E-state index contributed by atoms with van der Waals surface area (Å²) in [6, 6.07) is 13.6. The van der Waals surface area contributed by atoms with Crippen molar-refractivity contribution in [3.8, 4) is 17.0 Å². The molecule has 0 unspecified atom stereocenters. The minimum absolute atomic E-state index is 0.0682. The lowest BCUT2D eigenvalue weighted by Crippen LogP contribution is -2.03. The molecule has 3 N–H and O–H groups in total. The van der Waals surface area contributed by atoms with Gasteiger partial charge in [0.1, 0.15) is 11.6 Å². The molecule has 0 atom stereocenters. The summed E-state index contributed by atoms with van der Waals surface area (Å²) in [6.45, 7) is -0.843. The number of nitrogen functional groups attached to an aromatic ring is 1. The zero-order valence-electron chi connectivity index (χ0n) is 15.5. The number of pyridine rings is 1. The second-order valence-corrected chi connectivity index (χ2v) is 6.24. The van der Waals surface area contributed by atoms with E-state index in [1.807, 2.05) is 31.3 Å². The van der Waals surface area contributed by atoms with E-state index >= 15 is 0 Å². The third-order valence-corrected chi connectivity index (χ3v) is 4.29. The lowest BCUT2D eigenvalue weighted by atomic mass is 10.1. The number of aryl methyl sites for hydroxylation is 1. The van der Waals surface area contributed by atoms with Crippen LogP contribution < -0.4 is 15.8 Å². The summed E-state index contributed by atoms with van der Waals surface area (Å²) in [5.74, 6) is 0.658. The number of alkyl halides is 2. The highest BCUT2D eigenvalue weighted by Gasteiger charge is 2.16. The van der Waals surface area contributed by atoms with Gasteiger partial charge in [0, 0.05) is 23.5 Å². The number of nitrogens with two attached hydrogens (primary N) is 1. The van der Waals surface area contributed by atoms with Crippen LogP contribution >= 0.6 is 0 Å². The first kappa shape index (κ1) is 18.6. The van der Waals surface area contributed by atoms with Gasteiger partial charge in [0.25, 0.3) is 0 Å². The second-order valence-electron chi connectivity index (χ2n) is 6.24. The molecule has 0 fully saturated rings. The number of anilines is 3. The maximum Gasteiger partial charge on any atom is 0.387 e. The van der Waals surface area contributed by atoms with Crippen LogP contribution in [-0.4, -0.2) is 26.2 Å². The highest BCUT2D eigenvalue weighted by atomic mass is 19.3. The molecule has 0 saturated carbocycles. The molecule has 0 spiro atoms. The molecule has 0 aliphatic rings. The van der Waals surface area contributed by atoms with Gasteiger partial charge in [-0.25, -0.2) is 9.50 Å². The number of aromatic nitrogens is 4. The lowest BCUT2D eigenvalue weighted by Gasteiger charge is -2.09. The summed E-state index contributed by atoms with van der Waals surface area (Å²) in [4.78, 5) is 8.82. The number of rotatable bonds is 6. The highest BCUT2D eigenvalue weighted by molar-refractivity contribution is 5.82. The van der Waals surface area contributed by atoms with Crippen molar-refractivity contribution < 1.29 is 13.5 Å². The smallest absolute Gasteiger partial charge is 0.387 e. The monoisotopic (exact) mass is 396 g/mol. The first-order chi connectivity index (χ1) is 14.0. The SMILES string of the molecule is CCc1nn2ccccc2c1-c1cc(N)nc(Nc2ccc(OC(F)F)cc2)n1. The van der Waals surface area contributed by atoms with Crippen LogP contribution in [0.3, 0.4) is 0 Å². The number of hydrogen-bond acceptors (Lipinski definition) is 6. The van der Waals surface area contributed by atoms with Crippen LogP contribution in [-0.2, 0) is 6.42 Å². The Morgan fingerprint density at radius 3 is 2.66 bits per heavy atom. The van der Waals surface area contributed by atoms with Crippen molar-refractivity contribution in [1.29, 1.82) is 0 Å². The van der Waals surface area contributed by atoms with Crippen LogP contribution in [0.2, 0.25) is 0 Å². The Bertz CT molecular complexity index is 1140. The molecule has 148 valence electrons. The minimum Gasteiger partial charge on any atom is -0.435 e. The van der Waals surface area contributed by atoms with E-state index in [-0.39, 0.29) is 5.75 Å². The third-order valence-electron chi connectivity index (χ3n) is 4.29. The Kier molecular flexibility index (Phi) is 4.94. The molecular weight excluding hydrogens is 378 g/mol. The molecule has 0 radical (unpaired) electrons. The minimum atomic E-state index is -2.87. The van der Waals surface area contributed by atoms with Gasteiger partial charge in [0.05, 0.1) is 16.9 Å². The van der Waals surface area contributed by atoms with Crippen molar-refractivity contribution in [2.45, 2.75) is 20.0 Å². The van der Waals surface area contributed by atoms with Crippen LogP contribution in [0.15, 0.2) is 54.7 Å². The fourth-order valence-electron chi connectivity index (χ4n) is 3.07. The molecule has 3 aromatic heterocycles. The van der Waals surface area contributed by atoms with Gasteiger partial charge in [-0.1, -0.05) is 13.0 Å². The number of nitrogens with zero attached hydrogens (tertiary/aromatic N) is 4. The van der Waals surface area contributed by atoms with E-state index in [2.05, 4.69) is 25.1 Å².